The van der Waals surface area contributed by atoms with Crippen LogP contribution in [0.1, 0.15) is 68.2 Å². The van der Waals surface area contributed by atoms with Crippen LogP contribution in [-0.4, -0.2) is 73.0 Å². The number of carboxylic acid groups (broad SMARTS) is 1. The Kier molecular flexibility index (Phi) is 16.3. The van der Waals surface area contributed by atoms with Crippen LogP contribution in [0, 0.1) is 0 Å². The molecule has 30 heavy (non-hydrogen) atoms. The standard InChI is InChI=1S/C20H41N3O4.CH2O2/c1-15(2)21-11-9-10-17(24)22-14-19(5,6)26-12-13-27-20(7,8)18(25)23-16(3)4;2-1-3/h15-16,21H,9-14H2,1-8H3,(H,22,24)(H,23,25);1H,(H,2,3). The quantitative estimate of drug-likeness (QED) is 0.243. The van der Waals surface area contributed by atoms with Crippen molar-refractivity contribution < 1.29 is 29.0 Å². The Balaban J connectivity index is 0. The molecular formula is C21H43N3O6. The fourth-order valence-corrected chi connectivity index (χ4v) is 2.21. The highest BCUT2D eigenvalue weighted by Crippen LogP contribution is 2.12. The lowest BCUT2D eigenvalue weighted by molar-refractivity contribution is -0.147. The zero-order chi connectivity index (χ0) is 23.8. The Labute approximate surface area is 181 Å². The zero-order valence-corrected chi connectivity index (χ0v) is 20.0. The molecule has 0 saturated heterocycles. The molecule has 0 spiro atoms. The smallest absolute Gasteiger partial charge is 0.290 e. The summed E-state index contributed by atoms with van der Waals surface area (Å²) in [4.78, 5) is 32.3. The van der Waals surface area contributed by atoms with Crippen LogP contribution in [0.3, 0.4) is 0 Å². The first kappa shape index (κ1) is 30.5. The van der Waals surface area contributed by atoms with Gasteiger partial charge in [0.1, 0.15) is 5.60 Å². The number of nitrogens with one attached hydrogen (secondary N) is 3. The van der Waals surface area contributed by atoms with E-state index < -0.39 is 11.2 Å². The second kappa shape index (κ2) is 16.0. The number of hydrogen-bond donors (Lipinski definition) is 4. The first-order chi connectivity index (χ1) is 13.8. The molecule has 0 fully saturated rings. The van der Waals surface area contributed by atoms with Crippen molar-refractivity contribution in [3.8, 4) is 0 Å². The van der Waals surface area contributed by atoms with Crippen LogP contribution < -0.4 is 16.0 Å². The molecule has 0 unspecified atom stereocenters. The molecule has 0 radical (unpaired) electrons. The maximum atomic E-state index is 12.1. The summed E-state index contributed by atoms with van der Waals surface area (Å²) in [6, 6.07) is 0.504. The van der Waals surface area contributed by atoms with Gasteiger partial charge in [-0.1, -0.05) is 13.8 Å². The van der Waals surface area contributed by atoms with Crippen molar-refractivity contribution in [3.63, 3.8) is 0 Å². The molecule has 0 atom stereocenters. The third-order valence-corrected chi connectivity index (χ3v) is 3.85. The molecule has 0 aromatic heterocycles. The van der Waals surface area contributed by atoms with E-state index in [4.69, 9.17) is 19.4 Å². The lowest BCUT2D eigenvalue weighted by Crippen LogP contribution is -2.47. The molecule has 0 saturated carbocycles. The first-order valence-electron chi connectivity index (χ1n) is 10.4. The fraction of sp³-hybridized carbons (Fsp3) is 0.857. The Morgan fingerprint density at radius 1 is 1.00 bits per heavy atom. The molecular weight excluding hydrogens is 390 g/mol. The summed E-state index contributed by atoms with van der Waals surface area (Å²) in [5.41, 5.74) is -1.41. The van der Waals surface area contributed by atoms with Gasteiger partial charge in [0.15, 0.2) is 0 Å². The van der Waals surface area contributed by atoms with Crippen molar-refractivity contribution in [2.75, 3.05) is 26.3 Å². The summed E-state index contributed by atoms with van der Waals surface area (Å²) >= 11 is 0. The minimum absolute atomic E-state index is 0.0278. The van der Waals surface area contributed by atoms with Gasteiger partial charge in [0, 0.05) is 25.0 Å². The fourth-order valence-electron chi connectivity index (χ4n) is 2.21. The molecule has 0 bridgehead atoms. The van der Waals surface area contributed by atoms with E-state index >= 15 is 0 Å². The Hall–Kier alpha value is -1.71. The molecule has 0 aromatic carbocycles. The maximum absolute atomic E-state index is 12.1. The lowest BCUT2D eigenvalue weighted by atomic mass is 10.1. The normalized spacial score (nSPS) is 11.7. The third-order valence-electron chi connectivity index (χ3n) is 3.85. The highest BCUT2D eigenvalue weighted by molar-refractivity contribution is 5.84. The summed E-state index contributed by atoms with van der Waals surface area (Å²) in [6.45, 7) is 17.0. The van der Waals surface area contributed by atoms with Gasteiger partial charge in [0.25, 0.3) is 12.4 Å². The first-order valence-corrected chi connectivity index (χ1v) is 10.4. The van der Waals surface area contributed by atoms with E-state index in [2.05, 4.69) is 29.8 Å². The second-order valence-corrected chi connectivity index (χ2v) is 8.69. The number of amides is 2. The van der Waals surface area contributed by atoms with Crippen LogP contribution in [-0.2, 0) is 23.9 Å². The number of hydrogen-bond acceptors (Lipinski definition) is 6. The zero-order valence-electron chi connectivity index (χ0n) is 20.0. The summed E-state index contributed by atoms with van der Waals surface area (Å²) in [7, 11) is 0. The van der Waals surface area contributed by atoms with E-state index in [-0.39, 0.29) is 24.3 Å². The van der Waals surface area contributed by atoms with Crippen molar-refractivity contribution in [1.29, 1.82) is 0 Å². The number of carbonyl (C=O) groups excluding carboxylic acids is 2. The molecule has 0 aliphatic carbocycles. The molecule has 0 rings (SSSR count). The molecule has 9 heteroatoms. The van der Waals surface area contributed by atoms with Crippen LogP contribution in [0.4, 0.5) is 0 Å². The van der Waals surface area contributed by atoms with Gasteiger partial charge in [-0.2, -0.15) is 0 Å². The predicted octanol–water partition coefficient (Wildman–Crippen LogP) is 1.70. The Morgan fingerprint density at radius 3 is 2.03 bits per heavy atom. The molecule has 0 aromatic rings. The largest absolute Gasteiger partial charge is 0.483 e. The summed E-state index contributed by atoms with van der Waals surface area (Å²) in [6.07, 6.45) is 1.31. The average Bonchev–Trinajstić information content (AvgIpc) is 2.61. The van der Waals surface area contributed by atoms with Crippen LogP contribution in [0.25, 0.3) is 0 Å². The number of carbonyl (C=O) groups is 3. The molecule has 0 aliphatic heterocycles. The van der Waals surface area contributed by atoms with Crippen LogP contribution in [0.2, 0.25) is 0 Å². The number of rotatable bonds is 14. The van der Waals surface area contributed by atoms with E-state index in [1.165, 1.54) is 0 Å². The van der Waals surface area contributed by atoms with E-state index in [0.717, 1.165) is 13.0 Å². The van der Waals surface area contributed by atoms with Crippen molar-refractivity contribution in [2.24, 2.45) is 0 Å². The lowest BCUT2D eigenvalue weighted by Gasteiger charge is -2.28. The van der Waals surface area contributed by atoms with E-state index in [1.807, 2.05) is 27.7 Å². The van der Waals surface area contributed by atoms with Crippen molar-refractivity contribution in [3.05, 3.63) is 0 Å². The van der Waals surface area contributed by atoms with Crippen LogP contribution in [0.15, 0.2) is 0 Å². The minimum Gasteiger partial charge on any atom is -0.483 e. The molecule has 178 valence electrons. The van der Waals surface area contributed by atoms with Crippen LogP contribution in [0.5, 0.6) is 0 Å². The van der Waals surface area contributed by atoms with Gasteiger partial charge in [0.2, 0.25) is 5.91 Å². The molecule has 0 heterocycles. The highest BCUT2D eigenvalue weighted by Gasteiger charge is 2.29. The average molecular weight is 434 g/mol. The summed E-state index contributed by atoms with van der Waals surface area (Å²) in [5, 5.41) is 15.9. The van der Waals surface area contributed by atoms with Gasteiger partial charge < -0.3 is 30.5 Å². The molecule has 9 nitrogen and oxygen atoms in total. The van der Waals surface area contributed by atoms with E-state index in [1.54, 1.807) is 13.8 Å². The van der Waals surface area contributed by atoms with Crippen molar-refractivity contribution >= 4 is 18.3 Å². The van der Waals surface area contributed by atoms with Gasteiger partial charge in [-0.3, -0.25) is 14.4 Å². The van der Waals surface area contributed by atoms with Crippen molar-refractivity contribution in [1.82, 2.24) is 16.0 Å². The Morgan fingerprint density at radius 2 is 1.53 bits per heavy atom. The van der Waals surface area contributed by atoms with Crippen LogP contribution >= 0.6 is 0 Å². The van der Waals surface area contributed by atoms with Gasteiger partial charge in [-0.25, -0.2) is 0 Å². The predicted molar refractivity (Wildman–Crippen MR) is 117 cm³/mol. The second-order valence-electron chi connectivity index (χ2n) is 8.69. The van der Waals surface area contributed by atoms with Gasteiger partial charge in [-0.15, -0.1) is 0 Å². The van der Waals surface area contributed by atoms with Crippen molar-refractivity contribution in [2.45, 2.75) is 91.5 Å². The maximum Gasteiger partial charge on any atom is 0.290 e. The topological polar surface area (TPSA) is 126 Å². The van der Waals surface area contributed by atoms with E-state index in [0.29, 0.717) is 32.2 Å². The summed E-state index contributed by atoms with van der Waals surface area (Å²) in [5.74, 6) is -0.115. The highest BCUT2D eigenvalue weighted by atomic mass is 16.5. The molecule has 0 aliphatic rings. The Bertz CT molecular complexity index is 493. The van der Waals surface area contributed by atoms with Gasteiger partial charge >= 0.3 is 0 Å². The minimum atomic E-state index is -0.907. The third kappa shape index (κ3) is 18.3. The van der Waals surface area contributed by atoms with Gasteiger partial charge in [-0.05, 0) is 54.5 Å². The SMILES string of the molecule is CC(C)NCCCC(=O)NCC(C)(C)OCCOC(C)(C)C(=O)NC(C)C.O=CO. The van der Waals surface area contributed by atoms with Gasteiger partial charge in [0.05, 0.1) is 18.8 Å². The monoisotopic (exact) mass is 433 g/mol. The summed E-state index contributed by atoms with van der Waals surface area (Å²) < 4.78 is 11.5. The molecule has 4 N–H and O–H groups in total. The molecule has 2 amide bonds. The van der Waals surface area contributed by atoms with E-state index in [9.17, 15) is 9.59 Å². The number of ether oxygens (including phenoxy) is 2.